The molecule has 3 heterocycles. The zero-order valence-electron chi connectivity index (χ0n) is 15.7. The van der Waals surface area contributed by atoms with E-state index in [9.17, 15) is 9.59 Å². The molecule has 5 nitrogen and oxygen atoms in total. The van der Waals surface area contributed by atoms with Crippen molar-refractivity contribution in [3.8, 4) is 0 Å². The summed E-state index contributed by atoms with van der Waals surface area (Å²) in [4.78, 5) is 28.9. The number of hydrogen-bond donors (Lipinski definition) is 1. The van der Waals surface area contributed by atoms with Crippen LogP contribution in [0.2, 0.25) is 0 Å². The molecule has 0 aliphatic carbocycles. The predicted octanol–water partition coefficient (Wildman–Crippen LogP) is 3.03. The fourth-order valence-electron chi connectivity index (χ4n) is 5.45. The molecule has 0 saturated carbocycles. The van der Waals surface area contributed by atoms with Gasteiger partial charge in [0.1, 0.15) is 0 Å². The molecule has 0 unspecified atom stereocenters. The first kappa shape index (κ1) is 18.2. The van der Waals surface area contributed by atoms with E-state index in [0.29, 0.717) is 17.9 Å². The lowest BCUT2D eigenvalue weighted by molar-refractivity contribution is -0.136. The van der Waals surface area contributed by atoms with E-state index in [2.05, 4.69) is 4.90 Å². The molecule has 4 rings (SSSR count). The van der Waals surface area contributed by atoms with Crippen molar-refractivity contribution in [2.45, 2.75) is 44.2 Å². The van der Waals surface area contributed by atoms with Crippen LogP contribution in [0, 0.1) is 11.8 Å². The van der Waals surface area contributed by atoms with Crippen molar-refractivity contribution in [3.63, 3.8) is 0 Å². The van der Waals surface area contributed by atoms with Crippen LogP contribution >= 0.6 is 0 Å². The van der Waals surface area contributed by atoms with Crippen LogP contribution in [0.5, 0.6) is 0 Å². The quantitative estimate of drug-likeness (QED) is 0.830. The van der Waals surface area contributed by atoms with E-state index in [1.165, 1.54) is 12.8 Å². The third-order valence-corrected chi connectivity index (χ3v) is 6.48. The number of nitrogens with zero attached hydrogens (tertiary/aromatic N) is 2. The lowest BCUT2D eigenvalue weighted by Crippen LogP contribution is -2.65. The van der Waals surface area contributed by atoms with Crippen molar-refractivity contribution in [2.75, 3.05) is 19.6 Å². The summed E-state index contributed by atoms with van der Waals surface area (Å²) in [6.45, 7) is 3.10. The van der Waals surface area contributed by atoms with Crippen LogP contribution in [0.25, 0.3) is 0 Å². The second kappa shape index (κ2) is 7.85. The van der Waals surface area contributed by atoms with E-state index < -0.39 is 5.97 Å². The van der Waals surface area contributed by atoms with E-state index in [0.717, 1.165) is 38.0 Å². The molecule has 3 fully saturated rings. The molecule has 144 valence electrons. The molecule has 3 aliphatic rings. The monoisotopic (exact) mass is 368 g/mol. The van der Waals surface area contributed by atoms with Gasteiger partial charge in [0.15, 0.2) is 0 Å². The summed E-state index contributed by atoms with van der Waals surface area (Å²) in [5.74, 6) is 0.168. The maximum atomic E-state index is 13.3. The Morgan fingerprint density at radius 3 is 2.59 bits per heavy atom. The molecule has 1 aromatic rings. The summed E-state index contributed by atoms with van der Waals surface area (Å²) >= 11 is 0. The van der Waals surface area contributed by atoms with Gasteiger partial charge in [-0.1, -0.05) is 30.4 Å². The Kier molecular flexibility index (Phi) is 5.30. The van der Waals surface area contributed by atoms with Crippen molar-refractivity contribution in [1.29, 1.82) is 0 Å². The number of amides is 1. The van der Waals surface area contributed by atoms with Crippen molar-refractivity contribution in [2.24, 2.45) is 11.8 Å². The zero-order chi connectivity index (χ0) is 18.8. The van der Waals surface area contributed by atoms with E-state index >= 15 is 0 Å². The van der Waals surface area contributed by atoms with E-state index in [1.54, 1.807) is 6.08 Å². The molecule has 1 N–H and O–H groups in total. The minimum absolute atomic E-state index is 0.00833. The van der Waals surface area contributed by atoms with Gasteiger partial charge < -0.3 is 10.0 Å². The summed E-state index contributed by atoms with van der Waals surface area (Å²) < 4.78 is 0. The fourth-order valence-corrected chi connectivity index (χ4v) is 5.45. The van der Waals surface area contributed by atoms with Crippen LogP contribution in [0.15, 0.2) is 42.5 Å². The summed E-state index contributed by atoms with van der Waals surface area (Å²) in [7, 11) is 0. The van der Waals surface area contributed by atoms with Crippen molar-refractivity contribution >= 4 is 11.9 Å². The van der Waals surface area contributed by atoms with Crippen LogP contribution in [-0.2, 0) is 4.79 Å². The number of rotatable bonds is 4. The minimum Gasteiger partial charge on any atom is -0.481 e. The number of hydrogen-bond acceptors (Lipinski definition) is 3. The molecule has 1 amide bonds. The van der Waals surface area contributed by atoms with Crippen LogP contribution in [0.1, 0.15) is 42.5 Å². The smallest absolute Gasteiger partial charge is 0.307 e. The van der Waals surface area contributed by atoms with Crippen LogP contribution in [-0.4, -0.2) is 58.5 Å². The number of carbonyl (C=O) groups is 2. The summed E-state index contributed by atoms with van der Waals surface area (Å²) in [6.07, 6.45) is 8.40. The Labute approximate surface area is 160 Å². The molecule has 5 heteroatoms. The average molecular weight is 368 g/mol. The van der Waals surface area contributed by atoms with Gasteiger partial charge in [-0.3, -0.25) is 14.5 Å². The van der Waals surface area contributed by atoms with Crippen LogP contribution in [0.3, 0.4) is 0 Å². The van der Waals surface area contributed by atoms with Gasteiger partial charge in [0, 0.05) is 18.2 Å². The van der Waals surface area contributed by atoms with Gasteiger partial charge >= 0.3 is 5.97 Å². The number of carbonyl (C=O) groups excluding carboxylic acids is 1. The summed E-state index contributed by atoms with van der Waals surface area (Å²) in [6, 6.07) is 10.00. The van der Waals surface area contributed by atoms with E-state index in [4.69, 9.17) is 5.11 Å². The number of carboxylic acid groups (broad SMARTS) is 1. The maximum Gasteiger partial charge on any atom is 0.307 e. The van der Waals surface area contributed by atoms with Crippen molar-refractivity contribution in [1.82, 2.24) is 9.80 Å². The Hall–Kier alpha value is -2.14. The molecular formula is C22H28N2O3. The number of likely N-dealkylation sites (tertiary alicyclic amines) is 1. The summed E-state index contributed by atoms with van der Waals surface area (Å²) in [5, 5.41) is 9.02. The Balaban J connectivity index is 1.65. The Bertz CT molecular complexity index is 716. The first-order valence-electron chi connectivity index (χ1n) is 10.1. The number of carboxylic acids is 1. The lowest BCUT2D eigenvalue weighted by atomic mass is 9.69. The van der Waals surface area contributed by atoms with Gasteiger partial charge in [0.05, 0.1) is 12.5 Å². The SMILES string of the molecule is O=C(O)C/C=C/[C@@H]1[C@H]2CCCN3CCC[C@@H](CN1C(=O)c1ccccc1)[C@@H]23. The van der Waals surface area contributed by atoms with Gasteiger partial charge in [-0.2, -0.15) is 0 Å². The highest BCUT2D eigenvalue weighted by molar-refractivity contribution is 5.94. The zero-order valence-corrected chi connectivity index (χ0v) is 15.7. The third kappa shape index (κ3) is 3.65. The first-order chi connectivity index (χ1) is 13.1. The molecule has 0 spiro atoms. The van der Waals surface area contributed by atoms with Gasteiger partial charge in [-0.05, 0) is 62.7 Å². The Morgan fingerprint density at radius 1 is 1.11 bits per heavy atom. The van der Waals surface area contributed by atoms with Crippen LogP contribution in [0.4, 0.5) is 0 Å². The summed E-state index contributed by atoms with van der Waals surface area (Å²) in [5.41, 5.74) is 0.719. The maximum absolute atomic E-state index is 13.3. The van der Waals surface area contributed by atoms with Gasteiger partial charge in [-0.25, -0.2) is 0 Å². The largest absolute Gasteiger partial charge is 0.481 e. The van der Waals surface area contributed by atoms with Crippen molar-refractivity contribution in [3.05, 3.63) is 48.0 Å². The molecule has 0 bridgehead atoms. The molecule has 27 heavy (non-hydrogen) atoms. The predicted molar refractivity (Wildman–Crippen MR) is 103 cm³/mol. The second-order valence-electron chi connectivity index (χ2n) is 8.08. The highest BCUT2D eigenvalue weighted by Crippen LogP contribution is 2.42. The standard InChI is InChI=1S/C22H28N2O3/c25-20(26)12-4-11-19-18-10-6-14-23-13-5-9-17(21(18)23)15-24(19)22(27)16-7-2-1-3-8-16/h1-4,7-8,11,17-19,21H,5-6,9-10,12-15H2,(H,25,26)/b11-4+/t17-,18+,19+,21-/m0/s1. The molecule has 0 aromatic heterocycles. The van der Waals surface area contributed by atoms with E-state index in [-0.39, 0.29) is 18.4 Å². The van der Waals surface area contributed by atoms with Gasteiger partial charge in [0.2, 0.25) is 0 Å². The van der Waals surface area contributed by atoms with Crippen LogP contribution < -0.4 is 0 Å². The molecule has 3 aliphatic heterocycles. The normalized spacial score (nSPS) is 30.9. The van der Waals surface area contributed by atoms with Gasteiger partial charge in [-0.15, -0.1) is 0 Å². The molecule has 1 aromatic carbocycles. The molecular weight excluding hydrogens is 340 g/mol. The fraction of sp³-hybridized carbons (Fsp3) is 0.545. The number of piperidine rings is 3. The second-order valence-corrected chi connectivity index (χ2v) is 8.08. The molecule has 4 atom stereocenters. The van der Waals surface area contributed by atoms with Gasteiger partial charge in [0.25, 0.3) is 5.91 Å². The Morgan fingerprint density at radius 2 is 1.85 bits per heavy atom. The first-order valence-corrected chi connectivity index (χ1v) is 10.1. The highest BCUT2D eigenvalue weighted by Gasteiger charge is 2.49. The molecule has 3 saturated heterocycles. The van der Waals surface area contributed by atoms with Crippen molar-refractivity contribution < 1.29 is 14.7 Å². The minimum atomic E-state index is -0.830. The topological polar surface area (TPSA) is 60.9 Å². The average Bonchev–Trinajstić information content (AvgIpc) is 2.69. The lowest BCUT2D eigenvalue weighted by Gasteiger charge is -2.57. The highest BCUT2D eigenvalue weighted by atomic mass is 16.4. The third-order valence-electron chi connectivity index (χ3n) is 6.48. The molecule has 0 radical (unpaired) electrons. The van der Waals surface area contributed by atoms with E-state index in [1.807, 2.05) is 41.3 Å². The number of benzene rings is 1. The number of aliphatic carboxylic acids is 1.